The van der Waals surface area contributed by atoms with Gasteiger partial charge in [-0.05, 0) is 54.4 Å². The van der Waals surface area contributed by atoms with Crippen LogP contribution in [0.4, 0.5) is 4.79 Å². The molecule has 4 aromatic rings. The largest absolute Gasteiger partial charge is 0.497 e. The summed E-state index contributed by atoms with van der Waals surface area (Å²) in [6.45, 7) is 2.31. The molecule has 0 fully saturated rings. The van der Waals surface area contributed by atoms with E-state index in [1.807, 2.05) is 67.6 Å². The molecule has 1 N–H and O–H groups in total. The van der Waals surface area contributed by atoms with Crippen LogP contribution in [-0.4, -0.2) is 18.2 Å². The molecule has 0 unspecified atom stereocenters. The number of aryl methyl sites for hydroxylation is 1. The minimum Gasteiger partial charge on any atom is -0.497 e. The Hall–Kier alpha value is -4.32. The van der Waals surface area contributed by atoms with Gasteiger partial charge in [-0.1, -0.05) is 54.6 Å². The van der Waals surface area contributed by atoms with Crippen LogP contribution in [0.1, 0.15) is 22.6 Å². The lowest BCUT2D eigenvalue weighted by atomic mass is 10.1. The topological polar surface area (TPSA) is 73.6 Å². The van der Waals surface area contributed by atoms with E-state index in [4.69, 9.17) is 13.9 Å². The van der Waals surface area contributed by atoms with Crippen molar-refractivity contribution in [3.05, 3.63) is 108 Å². The van der Waals surface area contributed by atoms with Gasteiger partial charge in [-0.3, -0.25) is 0 Å². The van der Waals surface area contributed by atoms with Crippen molar-refractivity contribution in [2.24, 2.45) is 0 Å². The highest BCUT2D eigenvalue weighted by Crippen LogP contribution is 2.22. The Balaban J connectivity index is 1.26. The van der Waals surface area contributed by atoms with Crippen molar-refractivity contribution >= 4 is 12.2 Å². The SMILES string of the molecule is COc1ccc(OC(=O)NCc2ccc(/C=C/Cc3nc(-c4ccccc4)oc3C)cc2)cc1. The van der Waals surface area contributed by atoms with Crippen molar-refractivity contribution in [3.63, 3.8) is 0 Å². The highest BCUT2D eigenvalue weighted by Gasteiger charge is 2.10. The normalized spacial score (nSPS) is 10.9. The number of ether oxygens (including phenoxy) is 2. The molecule has 0 spiro atoms. The fourth-order valence-electron chi connectivity index (χ4n) is 3.34. The van der Waals surface area contributed by atoms with E-state index in [9.17, 15) is 4.79 Å². The highest BCUT2D eigenvalue weighted by molar-refractivity contribution is 5.70. The second-order valence-electron chi connectivity index (χ2n) is 7.65. The van der Waals surface area contributed by atoms with Gasteiger partial charge >= 0.3 is 6.09 Å². The third-order valence-corrected chi connectivity index (χ3v) is 5.22. The summed E-state index contributed by atoms with van der Waals surface area (Å²) >= 11 is 0. The molecule has 172 valence electrons. The molecule has 0 saturated carbocycles. The van der Waals surface area contributed by atoms with Crippen molar-refractivity contribution in [2.75, 3.05) is 7.11 Å². The zero-order chi connectivity index (χ0) is 23.8. The molecule has 6 heteroatoms. The number of amides is 1. The molecule has 3 aromatic carbocycles. The summed E-state index contributed by atoms with van der Waals surface area (Å²) < 4.78 is 16.2. The summed E-state index contributed by atoms with van der Waals surface area (Å²) in [4.78, 5) is 16.6. The number of nitrogens with zero attached hydrogens (tertiary/aromatic N) is 1. The maximum absolute atomic E-state index is 12.0. The van der Waals surface area contributed by atoms with Gasteiger partial charge in [0.25, 0.3) is 0 Å². The molecule has 0 bridgehead atoms. The molecule has 6 nitrogen and oxygen atoms in total. The number of oxazole rings is 1. The first-order valence-corrected chi connectivity index (χ1v) is 11.0. The second-order valence-corrected chi connectivity index (χ2v) is 7.65. The van der Waals surface area contributed by atoms with Gasteiger partial charge in [-0.25, -0.2) is 9.78 Å². The van der Waals surface area contributed by atoms with Gasteiger partial charge in [0, 0.05) is 18.5 Å². The first-order valence-electron chi connectivity index (χ1n) is 11.0. The van der Waals surface area contributed by atoms with Gasteiger partial charge < -0.3 is 19.2 Å². The number of carbonyl (C=O) groups is 1. The molecule has 34 heavy (non-hydrogen) atoms. The summed E-state index contributed by atoms with van der Waals surface area (Å²) in [5.74, 6) is 2.63. The quantitative estimate of drug-likeness (QED) is 0.343. The lowest BCUT2D eigenvalue weighted by Gasteiger charge is -2.07. The number of hydrogen-bond donors (Lipinski definition) is 1. The number of methoxy groups -OCH3 is 1. The smallest absolute Gasteiger partial charge is 0.412 e. The summed E-state index contributed by atoms with van der Waals surface area (Å²) in [6.07, 6.45) is 4.29. The van der Waals surface area contributed by atoms with Crippen LogP contribution in [0, 0.1) is 6.92 Å². The Morgan fingerprint density at radius 3 is 2.38 bits per heavy atom. The van der Waals surface area contributed by atoms with Crippen molar-refractivity contribution in [2.45, 2.75) is 19.9 Å². The Morgan fingerprint density at radius 1 is 0.971 bits per heavy atom. The Labute approximate surface area is 198 Å². The zero-order valence-electron chi connectivity index (χ0n) is 19.2. The molecule has 0 aliphatic carbocycles. The maximum Gasteiger partial charge on any atom is 0.412 e. The minimum atomic E-state index is -0.507. The molecule has 0 aliphatic rings. The zero-order valence-corrected chi connectivity index (χ0v) is 19.2. The standard InChI is InChI=1S/C28H26N2O4/c1-20-26(30-27(33-20)23-8-4-3-5-9-23)10-6-7-21-11-13-22(14-12-21)19-29-28(31)34-25-17-15-24(32-2)16-18-25/h3-9,11-18H,10,19H2,1-2H3,(H,29,31)/b7-6+. The van der Waals surface area contributed by atoms with Crippen LogP contribution in [0.3, 0.4) is 0 Å². The average Bonchev–Trinajstić information content (AvgIpc) is 3.25. The monoisotopic (exact) mass is 454 g/mol. The number of allylic oxidation sites excluding steroid dienone is 1. The number of rotatable bonds is 8. The molecule has 1 amide bonds. The van der Waals surface area contributed by atoms with Crippen molar-refractivity contribution < 1.29 is 18.7 Å². The molecule has 1 aromatic heterocycles. The maximum atomic E-state index is 12.0. The van der Waals surface area contributed by atoms with Gasteiger partial charge in [0.2, 0.25) is 5.89 Å². The number of hydrogen-bond acceptors (Lipinski definition) is 5. The van der Waals surface area contributed by atoms with Crippen LogP contribution in [0.15, 0.2) is 89.4 Å². The molecule has 0 atom stereocenters. The van der Waals surface area contributed by atoms with E-state index in [-0.39, 0.29) is 0 Å². The number of carbonyl (C=O) groups excluding carboxylic acids is 1. The van der Waals surface area contributed by atoms with Gasteiger partial charge in [0.05, 0.1) is 12.8 Å². The Bertz CT molecular complexity index is 1240. The van der Waals surface area contributed by atoms with E-state index >= 15 is 0 Å². The molecule has 0 saturated heterocycles. The van der Waals surface area contributed by atoms with Crippen LogP contribution in [0.2, 0.25) is 0 Å². The fraction of sp³-hybridized carbons (Fsp3) is 0.143. The summed E-state index contributed by atoms with van der Waals surface area (Å²) in [5.41, 5.74) is 3.93. The van der Waals surface area contributed by atoms with Gasteiger partial charge in [-0.2, -0.15) is 0 Å². The highest BCUT2D eigenvalue weighted by atomic mass is 16.6. The molecule has 1 heterocycles. The van der Waals surface area contributed by atoms with Gasteiger partial charge in [0.15, 0.2) is 0 Å². The number of aromatic nitrogens is 1. The number of nitrogens with one attached hydrogen (secondary N) is 1. The van der Waals surface area contributed by atoms with Crippen molar-refractivity contribution in [3.8, 4) is 23.0 Å². The molecular formula is C28H26N2O4. The van der Waals surface area contributed by atoms with E-state index in [2.05, 4.69) is 16.4 Å². The van der Waals surface area contributed by atoms with E-state index in [0.29, 0.717) is 30.4 Å². The predicted molar refractivity (Wildman–Crippen MR) is 132 cm³/mol. The third kappa shape index (κ3) is 6.13. The fourth-order valence-corrected chi connectivity index (χ4v) is 3.34. The third-order valence-electron chi connectivity index (χ3n) is 5.22. The average molecular weight is 455 g/mol. The summed E-state index contributed by atoms with van der Waals surface area (Å²) in [6, 6.07) is 24.7. The van der Waals surface area contributed by atoms with Crippen LogP contribution in [-0.2, 0) is 13.0 Å². The predicted octanol–water partition coefficient (Wildman–Crippen LogP) is 6.20. The Kier molecular flexibility index (Phi) is 7.40. The van der Waals surface area contributed by atoms with E-state index in [1.54, 1.807) is 31.4 Å². The van der Waals surface area contributed by atoms with Crippen LogP contribution >= 0.6 is 0 Å². The molecular weight excluding hydrogens is 428 g/mol. The molecule has 0 aliphatic heterocycles. The molecule has 0 radical (unpaired) electrons. The van der Waals surface area contributed by atoms with E-state index < -0.39 is 6.09 Å². The van der Waals surface area contributed by atoms with Gasteiger partial charge in [-0.15, -0.1) is 0 Å². The Morgan fingerprint density at radius 2 is 1.68 bits per heavy atom. The van der Waals surface area contributed by atoms with E-state index in [0.717, 1.165) is 28.1 Å². The lowest BCUT2D eigenvalue weighted by Crippen LogP contribution is -2.26. The number of benzene rings is 3. The summed E-state index contributed by atoms with van der Waals surface area (Å²) in [7, 11) is 1.59. The van der Waals surface area contributed by atoms with Gasteiger partial charge in [0.1, 0.15) is 17.3 Å². The second kappa shape index (κ2) is 11.0. The first-order chi connectivity index (χ1) is 16.6. The van der Waals surface area contributed by atoms with Crippen LogP contribution < -0.4 is 14.8 Å². The van der Waals surface area contributed by atoms with Crippen LogP contribution in [0.25, 0.3) is 17.5 Å². The van der Waals surface area contributed by atoms with E-state index in [1.165, 1.54) is 0 Å². The minimum absolute atomic E-state index is 0.374. The molecule has 4 rings (SSSR count). The summed E-state index contributed by atoms with van der Waals surface area (Å²) in [5, 5.41) is 2.75. The lowest BCUT2D eigenvalue weighted by molar-refractivity contribution is 0.200. The van der Waals surface area contributed by atoms with Crippen LogP contribution in [0.5, 0.6) is 11.5 Å². The van der Waals surface area contributed by atoms with Crippen molar-refractivity contribution in [1.29, 1.82) is 0 Å². The first kappa shape index (κ1) is 22.9. The van der Waals surface area contributed by atoms with Crippen molar-refractivity contribution in [1.82, 2.24) is 10.3 Å².